The van der Waals surface area contributed by atoms with Gasteiger partial charge < -0.3 is 10.4 Å². The topological polar surface area (TPSA) is 49.3 Å². The van der Waals surface area contributed by atoms with Crippen LogP contribution in [-0.2, 0) is 0 Å². The van der Waals surface area contributed by atoms with Crippen LogP contribution in [0.4, 0.5) is 5.69 Å². The van der Waals surface area contributed by atoms with Crippen LogP contribution >= 0.6 is 27.5 Å². The van der Waals surface area contributed by atoms with E-state index in [1.807, 2.05) is 0 Å². The molecule has 0 fully saturated rings. The maximum atomic E-state index is 12.1. The van der Waals surface area contributed by atoms with Crippen LogP contribution in [0.5, 0.6) is 0 Å². The molecule has 0 bridgehead atoms. The van der Waals surface area contributed by atoms with Gasteiger partial charge in [0.25, 0.3) is 5.91 Å². The van der Waals surface area contributed by atoms with E-state index >= 15 is 0 Å². The second-order valence-corrected chi connectivity index (χ2v) is 5.70. The number of halogens is 2. The van der Waals surface area contributed by atoms with E-state index in [-0.39, 0.29) is 5.91 Å². The molecule has 0 aliphatic rings. The summed E-state index contributed by atoms with van der Waals surface area (Å²) >= 11 is 9.32. The van der Waals surface area contributed by atoms with E-state index in [1.165, 1.54) is 0 Å². The first-order chi connectivity index (χ1) is 9.47. The molecular weight excluding hydrogens is 342 g/mol. The average molecular weight is 355 g/mol. The van der Waals surface area contributed by atoms with E-state index in [0.29, 0.717) is 16.3 Å². The lowest BCUT2D eigenvalue weighted by Crippen LogP contribution is -2.12. The third-order valence-corrected chi connectivity index (χ3v) is 3.65. The number of carbonyl (C=O) groups excluding carboxylic acids is 1. The highest BCUT2D eigenvalue weighted by molar-refractivity contribution is 9.10. The van der Waals surface area contributed by atoms with Gasteiger partial charge in [-0.2, -0.15) is 0 Å². The normalized spacial score (nSPS) is 12.0. The van der Waals surface area contributed by atoms with E-state index in [4.69, 9.17) is 11.6 Å². The van der Waals surface area contributed by atoms with Gasteiger partial charge in [0.05, 0.1) is 16.7 Å². The van der Waals surface area contributed by atoms with Crippen LogP contribution in [0.3, 0.4) is 0 Å². The van der Waals surface area contributed by atoms with Gasteiger partial charge in [-0.3, -0.25) is 4.79 Å². The Morgan fingerprint density at radius 2 is 1.90 bits per heavy atom. The second-order valence-electron chi connectivity index (χ2n) is 4.38. The van der Waals surface area contributed by atoms with Crippen LogP contribution < -0.4 is 5.32 Å². The Bertz CT molecular complexity index is 626. The summed E-state index contributed by atoms with van der Waals surface area (Å²) in [6.45, 7) is 1.69. The summed E-state index contributed by atoms with van der Waals surface area (Å²) in [5, 5.41) is 12.6. The molecule has 1 amide bonds. The van der Waals surface area contributed by atoms with Crippen LogP contribution in [0.1, 0.15) is 28.9 Å². The summed E-state index contributed by atoms with van der Waals surface area (Å²) in [5.74, 6) is -0.277. The lowest BCUT2D eigenvalue weighted by Gasteiger charge is -2.09. The van der Waals surface area contributed by atoms with Gasteiger partial charge in [0, 0.05) is 10.2 Å². The van der Waals surface area contributed by atoms with Gasteiger partial charge in [-0.15, -0.1) is 0 Å². The molecule has 20 heavy (non-hydrogen) atoms. The molecule has 0 aromatic heterocycles. The molecule has 0 radical (unpaired) electrons. The molecule has 2 rings (SSSR count). The van der Waals surface area contributed by atoms with Gasteiger partial charge in [0.2, 0.25) is 0 Å². The van der Waals surface area contributed by atoms with Crippen LogP contribution in [0.25, 0.3) is 0 Å². The Hall–Kier alpha value is -1.36. The zero-order valence-corrected chi connectivity index (χ0v) is 13.1. The fourth-order valence-electron chi connectivity index (χ4n) is 1.71. The monoisotopic (exact) mass is 353 g/mol. The van der Waals surface area contributed by atoms with Crippen LogP contribution in [0.15, 0.2) is 46.9 Å². The number of nitrogens with one attached hydrogen (secondary N) is 1. The maximum absolute atomic E-state index is 12.1. The number of hydrogen-bond acceptors (Lipinski definition) is 2. The molecule has 0 saturated heterocycles. The van der Waals surface area contributed by atoms with E-state index in [1.54, 1.807) is 49.4 Å². The molecule has 0 aliphatic heterocycles. The smallest absolute Gasteiger partial charge is 0.257 e. The number of anilines is 1. The molecule has 0 unspecified atom stereocenters. The quantitative estimate of drug-likeness (QED) is 0.858. The minimum Gasteiger partial charge on any atom is -0.389 e. The van der Waals surface area contributed by atoms with Crippen molar-refractivity contribution < 1.29 is 9.90 Å². The minimum atomic E-state index is -0.528. The van der Waals surface area contributed by atoms with Gasteiger partial charge in [-0.05, 0) is 42.8 Å². The summed E-state index contributed by atoms with van der Waals surface area (Å²) in [6, 6.07) is 12.1. The highest BCUT2D eigenvalue weighted by atomic mass is 79.9. The first kappa shape index (κ1) is 15.0. The van der Waals surface area contributed by atoms with Gasteiger partial charge in [0.15, 0.2) is 0 Å². The average Bonchev–Trinajstić information content (AvgIpc) is 2.42. The van der Waals surface area contributed by atoms with Crippen molar-refractivity contribution >= 4 is 39.1 Å². The molecule has 0 saturated carbocycles. The van der Waals surface area contributed by atoms with Crippen molar-refractivity contribution in [3.05, 3.63) is 63.1 Å². The van der Waals surface area contributed by atoms with Crippen molar-refractivity contribution in [1.82, 2.24) is 0 Å². The molecule has 0 spiro atoms. The largest absolute Gasteiger partial charge is 0.389 e. The third kappa shape index (κ3) is 3.60. The predicted molar refractivity (Wildman–Crippen MR) is 84.2 cm³/mol. The van der Waals surface area contributed by atoms with E-state index in [0.717, 1.165) is 10.0 Å². The highest BCUT2D eigenvalue weighted by Gasteiger charge is 2.11. The molecule has 3 nitrogen and oxygen atoms in total. The Labute approximate surface area is 130 Å². The standard InChI is InChI=1S/C15H13BrClNO2/c1-9(19)10-2-5-12(6-3-10)18-15(20)13-8-11(16)4-7-14(13)17/h2-9,19H,1H3,(H,18,20)/t9-/m1/s1. The number of aliphatic hydroxyl groups is 1. The molecule has 5 heteroatoms. The molecular formula is C15H13BrClNO2. The van der Waals surface area contributed by atoms with Crippen LogP contribution in [-0.4, -0.2) is 11.0 Å². The van der Waals surface area contributed by atoms with E-state index in [2.05, 4.69) is 21.2 Å². The number of aliphatic hydroxyl groups excluding tert-OH is 1. The summed E-state index contributed by atoms with van der Waals surface area (Å²) in [7, 11) is 0. The lowest BCUT2D eigenvalue weighted by molar-refractivity contribution is 0.102. The molecule has 1 atom stereocenters. The van der Waals surface area contributed by atoms with Crippen LogP contribution in [0.2, 0.25) is 5.02 Å². The highest BCUT2D eigenvalue weighted by Crippen LogP contribution is 2.22. The Morgan fingerprint density at radius 1 is 1.25 bits per heavy atom. The lowest BCUT2D eigenvalue weighted by atomic mass is 10.1. The molecule has 2 aromatic carbocycles. The summed E-state index contributed by atoms with van der Waals surface area (Å²) in [5.41, 5.74) is 1.85. The van der Waals surface area contributed by atoms with Crippen molar-refractivity contribution in [2.24, 2.45) is 0 Å². The van der Waals surface area contributed by atoms with Gasteiger partial charge in [-0.25, -0.2) is 0 Å². The van der Waals surface area contributed by atoms with E-state index in [9.17, 15) is 9.90 Å². The van der Waals surface area contributed by atoms with Crippen molar-refractivity contribution in [2.45, 2.75) is 13.0 Å². The molecule has 2 N–H and O–H groups in total. The summed E-state index contributed by atoms with van der Waals surface area (Å²) < 4.78 is 0.788. The fraction of sp³-hybridized carbons (Fsp3) is 0.133. The zero-order chi connectivity index (χ0) is 14.7. The van der Waals surface area contributed by atoms with Crippen molar-refractivity contribution in [2.75, 3.05) is 5.32 Å². The third-order valence-electron chi connectivity index (χ3n) is 2.82. The fourth-order valence-corrected chi connectivity index (χ4v) is 2.28. The molecule has 0 heterocycles. The van der Waals surface area contributed by atoms with Gasteiger partial charge in [-0.1, -0.05) is 39.7 Å². The second kappa shape index (κ2) is 6.39. The molecule has 104 valence electrons. The maximum Gasteiger partial charge on any atom is 0.257 e. The first-order valence-corrected chi connectivity index (χ1v) is 7.19. The van der Waals surface area contributed by atoms with E-state index < -0.39 is 6.10 Å². The van der Waals surface area contributed by atoms with Crippen molar-refractivity contribution in [3.63, 3.8) is 0 Å². The summed E-state index contributed by atoms with van der Waals surface area (Å²) in [6.07, 6.45) is -0.528. The van der Waals surface area contributed by atoms with Gasteiger partial charge in [0.1, 0.15) is 0 Å². The summed E-state index contributed by atoms with van der Waals surface area (Å²) in [4.78, 5) is 12.1. The Morgan fingerprint density at radius 3 is 2.50 bits per heavy atom. The molecule has 0 aliphatic carbocycles. The number of carbonyl (C=O) groups is 1. The Balaban J connectivity index is 2.17. The van der Waals surface area contributed by atoms with Crippen molar-refractivity contribution in [1.29, 1.82) is 0 Å². The number of benzene rings is 2. The Kier molecular flexibility index (Phi) is 4.81. The first-order valence-electron chi connectivity index (χ1n) is 6.02. The number of amides is 1. The molecule has 2 aromatic rings. The van der Waals surface area contributed by atoms with Gasteiger partial charge >= 0.3 is 0 Å². The number of rotatable bonds is 3. The SMILES string of the molecule is C[C@@H](O)c1ccc(NC(=O)c2cc(Br)ccc2Cl)cc1. The predicted octanol–water partition coefficient (Wildman–Crippen LogP) is 4.41. The minimum absolute atomic E-state index is 0.277. The number of hydrogen-bond donors (Lipinski definition) is 2. The van der Waals surface area contributed by atoms with Crippen LogP contribution in [0, 0.1) is 0 Å². The zero-order valence-electron chi connectivity index (χ0n) is 10.7. The van der Waals surface area contributed by atoms with Crippen molar-refractivity contribution in [3.8, 4) is 0 Å².